The summed E-state index contributed by atoms with van der Waals surface area (Å²) in [5.74, 6) is 1.45. The lowest BCUT2D eigenvalue weighted by molar-refractivity contribution is 0.0352. The van der Waals surface area contributed by atoms with Crippen molar-refractivity contribution in [3.8, 4) is 11.5 Å². The Kier molecular flexibility index (Phi) is 5.01. The van der Waals surface area contributed by atoms with E-state index in [4.69, 9.17) is 19.9 Å². The molecule has 1 fully saturated rings. The summed E-state index contributed by atoms with van der Waals surface area (Å²) in [6.07, 6.45) is 0. The first kappa shape index (κ1) is 14.1. The number of ether oxygens (including phenoxy) is 3. The van der Waals surface area contributed by atoms with E-state index in [0.29, 0.717) is 0 Å². The normalized spacial score (nSPS) is 18.1. The van der Waals surface area contributed by atoms with Crippen molar-refractivity contribution in [1.29, 1.82) is 0 Å². The third kappa shape index (κ3) is 3.59. The van der Waals surface area contributed by atoms with Gasteiger partial charge in [-0.1, -0.05) is 6.07 Å². The highest BCUT2D eigenvalue weighted by molar-refractivity contribution is 5.43. The summed E-state index contributed by atoms with van der Waals surface area (Å²) in [5.41, 5.74) is 7.32. The fraction of sp³-hybridized carbons (Fsp3) is 0.571. The molecule has 1 unspecified atom stereocenters. The average Bonchev–Trinajstić information content (AvgIpc) is 2.47. The fourth-order valence-corrected chi connectivity index (χ4v) is 2.25. The molecule has 1 heterocycles. The van der Waals surface area contributed by atoms with E-state index in [9.17, 15) is 0 Å². The maximum absolute atomic E-state index is 6.26. The summed E-state index contributed by atoms with van der Waals surface area (Å²) < 4.78 is 15.9. The van der Waals surface area contributed by atoms with E-state index in [1.54, 1.807) is 14.2 Å². The Balaban J connectivity index is 2.03. The lowest BCUT2D eigenvalue weighted by Crippen LogP contribution is -2.40. The topological polar surface area (TPSA) is 57.0 Å². The van der Waals surface area contributed by atoms with Gasteiger partial charge in [0.2, 0.25) is 0 Å². The molecule has 1 atom stereocenters. The number of methoxy groups -OCH3 is 2. The number of benzene rings is 1. The smallest absolute Gasteiger partial charge is 0.161 e. The minimum Gasteiger partial charge on any atom is -0.493 e. The molecule has 19 heavy (non-hydrogen) atoms. The molecule has 0 radical (unpaired) electrons. The molecule has 2 N–H and O–H groups in total. The summed E-state index contributed by atoms with van der Waals surface area (Å²) in [7, 11) is 3.26. The first-order chi connectivity index (χ1) is 9.24. The Morgan fingerprint density at radius 3 is 2.53 bits per heavy atom. The molecule has 0 bridgehead atoms. The summed E-state index contributed by atoms with van der Waals surface area (Å²) >= 11 is 0. The van der Waals surface area contributed by atoms with Crippen molar-refractivity contribution in [3.63, 3.8) is 0 Å². The van der Waals surface area contributed by atoms with Crippen LogP contribution in [0.1, 0.15) is 11.6 Å². The highest BCUT2D eigenvalue weighted by atomic mass is 16.5. The van der Waals surface area contributed by atoms with Crippen molar-refractivity contribution in [2.24, 2.45) is 5.73 Å². The zero-order chi connectivity index (χ0) is 13.7. The molecule has 2 rings (SSSR count). The maximum atomic E-state index is 6.26. The van der Waals surface area contributed by atoms with Crippen LogP contribution in [0, 0.1) is 0 Å². The van der Waals surface area contributed by atoms with Crippen LogP contribution in [-0.2, 0) is 4.74 Å². The van der Waals surface area contributed by atoms with Gasteiger partial charge < -0.3 is 19.9 Å². The quantitative estimate of drug-likeness (QED) is 0.863. The van der Waals surface area contributed by atoms with Gasteiger partial charge in [0, 0.05) is 25.7 Å². The third-order valence-electron chi connectivity index (χ3n) is 3.39. The molecule has 5 heteroatoms. The van der Waals surface area contributed by atoms with Gasteiger partial charge in [-0.15, -0.1) is 0 Å². The van der Waals surface area contributed by atoms with E-state index in [0.717, 1.165) is 49.9 Å². The second kappa shape index (κ2) is 6.75. The number of rotatable bonds is 5. The van der Waals surface area contributed by atoms with Gasteiger partial charge in [-0.2, -0.15) is 0 Å². The monoisotopic (exact) mass is 266 g/mol. The minimum absolute atomic E-state index is 0.0297. The molecule has 106 valence electrons. The predicted molar refractivity (Wildman–Crippen MR) is 73.7 cm³/mol. The van der Waals surface area contributed by atoms with Crippen LogP contribution < -0.4 is 15.2 Å². The Morgan fingerprint density at radius 2 is 1.89 bits per heavy atom. The molecule has 0 saturated carbocycles. The second-order valence-electron chi connectivity index (χ2n) is 4.63. The van der Waals surface area contributed by atoms with E-state index >= 15 is 0 Å². The summed E-state index contributed by atoms with van der Waals surface area (Å²) in [5, 5.41) is 0. The van der Waals surface area contributed by atoms with Crippen molar-refractivity contribution in [3.05, 3.63) is 23.8 Å². The van der Waals surface area contributed by atoms with Gasteiger partial charge in [-0.3, -0.25) is 4.90 Å². The van der Waals surface area contributed by atoms with E-state index in [1.807, 2.05) is 18.2 Å². The van der Waals surface area contributed by atoms with Crippen molar-refractivity contribution >= 4 is 0 Å². The van der Waals surface area contributed by atoms with Gasteiger partial charge in [0.25, 0.3) is 0 Å². The predicted octanol–water partition coefficient (Wildman–Crippen LogP) is 1.04. The molecule has 0 aliphatic carbocycles. The van der Waals surface area contributed by atoms with Gasteiger partial charge in [0.1, 0.15) is 0 Å². The lowest BCUT2D eigenvalue weighted by Gasteiger charge is -2.29. The van der Waals surface area contributed by atoms with Crippen LogP contribution in [0.5, 0.6) is 11.5 Å². The van der Waals surface area contributed by atoms with Crippen LogP contribution >= 0.6 is 0 Å². The van der Waals surface area contributed by atoms with E-state index in [-0.39, 0.29) is 6.04 Å². The van der Waals surface area contributed by atoms with Gasteiger partial charge >= 0.3 is 0 Å². The summed E-state index contributed by atoms with van der Waals surface area (Å²) in [4.78, 5) is 2.32. The zero-order valence-corrected chi connectivity index (χ0v) is 11.6. The van der Waals surface area contributed by atoms with Crippen LogP contribution in [0.15, 0.2) is 18.2 Å². The van der Waals surface area contributed by atoms with Crippen molar-refractivity contribution < 1.29 is 14.2 Å². The molecule has 1 aromatic rings. The molecule has 0 aromatic heterocycles. The number of hydrogen-bond acceptors (Lipinski definition) is 5. The summed E-state index contributed by atoms with van der Waals surface area (Å²) in [6.45, 7) is 4.30. The number of nitrogens with two attached hydrogens (primary N) is 1. The van der Waals surface area contributed by atoms with Crippen LogP contribution in [-0.4, -0.2) is 52.0 Å². The van der Waals surface area contributed by atoms with E-state index in [1.165, 1.54) is 0 Å². The molecule has 1 saturated heterocycles. The SMILES string of the molecule is COc1ccc(C(N)CN2CCOCC2)cc1OC. The Labute approximate surface area is 114 Å². The number of nitrogens with zero attached hydrogens (tertiary/aromatic N) is 1. The lowest BCUT2D eigenvalue weighted by atomic mass is 10.1. The van der Waals surface area contributed by atoms with Crippen LogP contribution in [0.25, 0.3) is 0 Å². The molecule has 5 nitrogen and oxygen atoms in total. The molecule has 1 aromatic carbocycles. The molecular formula is C14H22N2O3. The third-order valence-corrected chi connectivity index (χ3v) is 3.39. The number of morpholine rings is 1. The first-order valence-electron chi connectivity index (χ1n) is 6.52. The number of hydrogen-bond donors (Lipinski definition) is 1. The van der Waals surface area contributed by atoms with Gasteiger partial charge in [-0.05, 0) is 17.7 Å². The van der Waals surface area contributed by atoms with Crippen molar-refractivity contribution in [2.75, 3.05) is 47.1 Å². The average molecular weight is 266 g/mol. The minimum atomic E-state index is -0.0297. The Hall–Kier alpha value is -1.30. The van der Waals surface area contributed by atoms with E-state index in [2.05, 4.69) is 4.90 Å². The van der Waals surface area contributed by atoms with Crippen LogP contribution in [0.4, 0.5) is 0 Å². The van der Waals surface area contributed by atoms with Gasteiger partial charge in [0.15, 0.2) is 11.5 Å². The largest absolute Gasteiger partial charge is 0.493 e. The van der Waals surface area contributed by atoms with Crippen molar-refractivity contribution in [1.82, 2.24) is 4.90 Å². The highest BCUT2D eigenvalue weighted by Crippen LogP contribution is 2.29. The highest BCUT2D eigenvalue weighted by Gasteiger charge is 2.16. The molecular weight excluding hydrogens is 244 g/mol. The first-order valence-corrected chi connectivity index (χ1v) is 6.52. The van der Waals surface area contributed by atoms with Gasteiger partial charge in [0.05, 0.1) is 27.4 Å². The fourth-order valence-electron chi connectivity index (χ4n) is 2.25. The maximum Gasteiger partial charge on any atom is 0.161 e. The van der Waals surface area contributed by atoms with Crippen molar-refractivity contribution in [2.45, 2.75) is 6.04 Å². The second-order valence-corrected chi connectivity index (χ2v) is 4.63. The van der Waals surface area contributed by atoms with Crippen LogP contribution in [0.2, 0.25) is 0 Å². The molecule has 1 aliphatic rings. The van der Waals surface area contributed by atoms with Gasteiger partial charge in [-0.25, -0.2) is 0 Å². The molecule has 1 aliphatic heterocycles. The molecule has 0 amide bonds. The zero-order valence-electron chi connectivity index (χ0n) is 11.6. The Morgan fingerprint density at radius 1 is 1.21 bits per heavy atom. The van der Waals surface area contributed by atoms with Crippen LogP contribution in [0.3, 0.4) is 0 Å². The standard InChI is InChI=1S/C14H22N2O3/c1-17-13-4-3-11(9-14(13)18-2)12(15)10-16-5-7-19-8-6-16/h3-4,9,12H,5-8,10,15H2,1-2H3. The Bertz CT molecular complexity index is 406. The summed E-state index contributed by atoms with van der Waals surface area (Å²) in [6, 6.07) is 5.81. The van der Waals surface area contributed by atoms with E-state index < -0.39 is 0 Å². The molecule has 0 spiro atoms.